The van der Waals surface area contributed by atoms with Crippen LogP contribution in [-0.2, 0) is 10.0 Å². The Hall–Kier alpha value is -4.08. The molecule has 0 bridgehead atoms. The fourth-order valence-electron chi connectivity index (χ4n) is 3.41. The molecule has 6 nitrogen and oxygen atoms in total. The number of carbonyl (C=O) groups excluding carboxylic acids is 1. The molecule has 0 saturated heterocycles. The van der Waals surface area contributed by atoms with Gasteiger partial charge in [0.15, 0.2) is 0 Å². The maximum absolute atomic E-state index is 13.1. The summed E-state index contributed by atoms with van der Waals surface area (Å²) in [6.07, 6.45) is 0. The van der Waals surface area contributed by atoms with Crippen LogP contribution in [0, 0.1) is 5.82 Å². The van der Waals surface area contributed by atoms with Crippen molar-refractivity contribution in [3.8, 4) is 10.6 Å². The minimum atomic E-state index is -3.87. The molecule has 5 aromatic rings. The summed E-state index contributed by atoms with van der Waals surface area (Å²) in [4.78, 5) is 17.2. The Morgan fingerprint density at radius 2 is 1.46 bits per heavy atom. The Kier molecular flexibility index (Phi) is 6.02. The second kappa shape index (κ2) is 9.28. The molecule has 35 heavy (non-hydrogen) atoms. The number of amides is 1. The van der Waals surface area contributed by atoms with E-state index in [0.29, 0.717) is 11.3 Å². The van der Waals surface area contributed by atoms with Crippen molar-refractivity contribution in [2.75, 3.05) is 10.0 Å². The van der Waals surface area contributed by atoms with Crippen molar-refractivity contribution in [1.29, 1.82) is 0 Å². The second-order valence-corrected chi connectivity index (χ2v) is 10.4. The Morgan fingerprint density at radius 1 is 0.800 bits per heavy atom. The van der Waals surface area contributed by atoms with Crippen molar-refractivity contribution >= 4 is 48.9 Å². The van der Waals surface area contributed by atoms with Crippen LogP contribution in [0.2, 0.25) is 0 Å². The van der Waals surface area contributed by atoms with Gasteiger partial charge in [0.25, 0.3) is 15.9 Å². The molecule has 0 atom stereocenters. The normalized spacial score (nSPS) is 11.3. The van der Waals surface area contributed by atoms with Crippen LogP contribution in [0.1, 0.15) is 10.4 Å². The summed E-state index contributed by atoms with van der Waals surface area (Å²) in [6.45, 7) is 0. The first kappa shape index (κ1) is 22.7. The molecule has 0 unspecified atom stereocenters. The quantitative estimate of drug-likeness (QED) is 0.291. The van der Waals surface area contributed by atoms with Crippen molar-refractivity contribution in [3.05, 3.63) is 108 Å². The van der Waals surface area contributed by atoms with Crippen LogP contribution >= 0.6 is 11.3 Å². The van der Waals surface area contributed by atoms with E-state index in [0.717, 1.165) is 32.9 Å². The Labute approximate surface area is 205 Å². The van der Waals surface area contributed by atoms with Gasteiger partial charge in [-0.1, -0.05) is 12.1 Å². The highest BCUT2D eigenvalue weighted by atomic mass is 32.2. The fourth-order valence-corrected chi connectivity index (χ4v) is 5.44. The molecule has 0 aliphatic heterocycles. The van der Waals surface area contributed by atoms with Gasteiger partial charge in [0.05, 0.1) is 15.1 Å². The Balaban J connectivity index is 1.25. The molecule has 0 aliphatic rings. The number of benzene rings is 4. The average molecular weight is 504 g/mol. The molecule has 0 aliphatic carbocycles. The number of rotatable bonds is 6. The maximum Gasteiger partial charge on any atom is 0.261 e. The highest BCUT2D eigenvalue weighted by Crippen LogP contribution is 2.30. The van der Waals surface area contributed by atoms with Crippen LogP contribution in [0.5, 0.6) is 0 Å². The van der Waals surface area contributed by atoms with Gasteiger partial charge in [0, 0.05) is 22.5 Å². The van der Waals surface area contributed by atoms with Gasteiger partial charge in [-0.3, -0.25) is 9.52 Å². The maximum atomic E-state index is 13.1. The predicted molar refractivity (Wildman–Crippen MR) is 137 cm³/mol. The van der Waals surface area contributed by atoms with Gasteiger partial charge in [-0.15, -0.1) is 11.3 Å². The van der Waals surface area contributed by atoms with Gasteiger partial charge < -0.3 is 5.32 Å². The van der Waals surface area contributed by atoms with Crippen molar-refractivity contribution in [1.82, 2.24) is 4.98 Å². The van der Waals surface area contributed by atoms with E-state index < -0.39 is 15.8 Å². The molecule has 1 amide bonds. The largest absolute Gasteiger partial charge is 0.322 e. The zero-order valence-electron chi connectivity index (χ0n) is 18.1. The molecule has 0 radical (unpaired) electrons. The zero-order chi connectivity index (χ0) is 24.4. The molecule has 0 spiro atoms. The highest BCUT2D eigenvalue weighted by molar-refractivity contribution is 7.92. The van der Waals surface area contributed by atoms with Crippen molar-refractivity contribution in [2.24, 2.45) is 0 Å². The predicted octanol–water partition coefficient (Wildman–Crippen LogP) is 6.16. The number of sulfonamides is 1. The van der Waals surface area contributed by atoms with Gasteiger partial charge in [-0.25, -0.2) is 17.8 Å². The van der Waals surface area contributed by atoms with E-state index in [9.17, 15) is 17.6 Å². The third-order valence-electron chi connectivity index (χ3n) is 5.21. The number of nitrogens with one attached hydrogen (secondary N) is 2. The first-order valence-electron chi connectivity index (χ1n) is 10.5. The minimum absolute atomic E-state index is 0.0602. The lowest BCUT2D eigenvalue weighted by molar-refractivity contribution is 0.102. The molecular weight excluding hydrogens is 485 g/mol. The van der Waals surface area contributed by atoms with Gasteiger partial charge in [0.2, 0.25) is 0 Å². The van der Waals surface area contributed by atoms with E-state index in [2.05, 4.69) is 15.0 Å². The molecule has 0 fully saturated rings. The highest BCUT2D eigenvalue weighted by Gasteiger charge is 2.15. The molecule has 1 heterocycles. The molecule has 9 heteroatoms. The summed E-state index contributed by atoms with van der Waals surface area (Å²) < 4.78 is 41.5. The van der Waals surface area contributed by atoms with Crippen LogP contribution in [-0.4, -0.2) is 19.3 Å². The van der Waals surface area contributed by atoms with Gasteiger partial charge in [-0.05, 0) is 84.9 Å². The van der Waals surface area contributed by atoms with E-state index in [-0.39, 0.29) is 16.5 Å². The zero-order valence-corrected chi connectivity index (χ0v) is 19.7. The standard InChI is InChI=1S/C26H18FN3O3S2/c27-19-9-15-22(16-10-19)35(32,33)30-21-13-5-17(6-14-21)25(31)28-20-11-7-18(8-12-20)26-29-23-3-1-2-4-24(23)34-26/h1-16,30H,(H,28,31). The van der Waals surface area contributed by atoms with E-state index >= 15 is 0 Å². The molecule has 174 valence electrons. The third kappa shape index (κ3) is 5.06. The van der Waals surface area contributed by atoms with Crippen LogP contribution in [0.15, 0.2) is 102 Å². The Bertz CT molecular complexity index is 1580. The molecule has 0 saturated carbocycles. The summed E-state index contributed by atoms with van der Waals surface area (Å²) in [5.41, 5.74) is 3.19. The van der Waals surface area contributed by atoms with Crippen LogP contribution in [0.25, 0.3) is 20.8 Å². The van der Waals surface area contributed by atoms with E-state index in [1.807, 2.05) is 48.5 Å². The summed E-state index contributed by atoms with van der Waals surface area (Å²) in [5.74, 6) is -0.851. The van der Waals surface area contributed by atoms with Gasteiger partial charge in [0.1, 0.15) is 10.8 Å². The van der Waals surface area contributed by atoms with E-state index in [1.165, 1.54) is 36.4 Å². The molecule has 2 N–H and O–H groups in total. The van der Waals surface area contributed by atoms with Gasteiger partial charge in [-0.2, -0.15) is 0 Å². The van der Waals surface area contributed by atoms with Crippen LogP contribution in [0.4, 0.5) is 15.8 Å². The number of para-hydroxylation sites is 1. The number of halogens is 1. The minimum Gasteiger partial charge on any atom is -0.322 e. The number of carbonyl (C=O) groups is 1. The first-order valence-corrected chi connectivity index (χ1v) is 12.8. The number of hydrogen-bond acceptors (Lipinski definition) is 5. The number of thiazole rings is 1. The summed E-state index contributed by atoms with van der Waals surface area (Å²) in [5, 5.41) is 3.74. The number of fused-ring (bicyclic) bond motifs is 1. The van der Waals surface area contributed by atoms with Crippen LogP contribution in [0.3, 0.4) is 0 Å². The lowest BCUT2D eigenvalue weighted by atomic mass is 10.1. The summed E-state index contributed by atoms with van der Waals surface area (Å²) in [6, 6.07) is 25.9. The molecule has 5 rings (SSSR count). The number of aromatic nitrogens is 1. The van der Waals surface area contributed by atoms with Crippen molar-refractivity contribution in [2.45, 2.75) is 4.90 Å². The topological polar surface area (TPSA) is 88.2 Å². The monoisotopic (exact) mass is 503 g/mol. The third-order valence-corrected chi connectivity index (χ3v) is 7.69. The van der Waals surface area contributed by atoms with E-state index in [1.54, 1.807) is 11.3 Å². The van der Waals surface area contributed by atoms with Crippen molar-refractivity contribution in [3.63, 3.8) is 0 Å². The lowest BCUT2D eigenvalue weighted by Gasteiger charge is -2.09. The van der Waals surface area contributed by atoms with Crippen molar-refractivity contribution < 1.29 is 17.6 Å². The second-order valence-electron chi connectivity index (χ2n) is 7.65. The average Bonchev–Trinajstić information content (AvgIpc) is 3.29. The molecule has 1 aromatic heterocycles. The first-order chi connectivity index (χ1) is 16.9. The molecular formula is C26H18FN3O3S2. The van der Waals surface area contributed by atoms with Crippen LogP contribution < -0.4 is 10.0 Å². The van der Waals surface area contributed by atoms with E-state index in [4.69, 9.17) is 0 Å². The number of anilines is 2. The fraction of sp³-hybridized carbons (Fsp3) is 0. The summed E-state index contributed by atoms with van der Waals surface area (Å²) >= 11 is 1.61. The molecule has 4 aromatic carbocycles. The van der Waals surface area contributed by atoms with Gasteiger partial charge >= 0.3 is 0 Å². The number of nitrogens with zero attached hydrogens (tertiary/aromatic N) is 1. The SMILES string of the molecule is O=C(Nc1ccc(-c2nc3ccccc3s2)cc1)c1ccc(NS(=O)(=O)c2ccc(F)cc2)cc1. The lowest BCUT2D eigenvalue weighted by Crippen LogP contribution is -2.14. The Morgan fingerprint density at radius 3 is 2.14 bits per heavy atom. The number of hydrogen-bond donors (Lipinski definition) is 2. The summed E-state index contributed by atoms with van der Waals surface area (Å²) in [7, 11) is -3.87. The smallest absolute Gasteiger partial charge is 0.261 e.